The van der Waals surface area contributed by atoms with Gasteiger partial charge in [-0.25, -0.2) is 12.8 Å². The van der Waals surface area contributed by atoms with Gasteiger partial charge in [0, 0.05) is 24.2 Å². The number of hydrogen-bond donors (Lipinski definition) is 1. The highest BCUT2D eigenvalue weighted by atomic mass is 35.5. The molecule has 2 fully saturated rings. The zero-order chi connectivity index (χ0) is 17.3. The van der Waals surface area contributed by atoms with E-state index in [0.29, 0.717) is 18.1 Å². The number of nitrogens with one attached hydrogen (secondary N) is 1. The number of rotatable bonds is 3. The van der Waals surface area contributed by atoms with Crippen LogP contribution in [0.5, 0.6) is 0 Å². The van der Waals surface area contributed by atoms with E-state index < -0.39 is 26.8 Å². The quantitative estimate of drug-likeness (QED) is 0.860. The highest BCUT2D eigenvalue weighted by Gasteiger charge is 2.43. The fourth-order valence-corrected chi connectivity index (χ4v) is 5.24. The number of hydrogen-bond acceptors (Lipinski definition) is 5. The Hall–Kier alpha value is -1.22. The molecule has 2 aliphatic heterocycles. The molecule has 0 spiro atoms. The SMILES string of the molecule is O=C(CN1CCS(=O)(=O)[C@@H]2COCC[C@H]21)Nc1cc(Cl)ccc1F. The molecule has 9 heteroatoms. The zero-order valence-corrected chi connectivity index (χ0v) is 14.4. The number of ether oxygens (including phenoxy) is 1. The molecule has 2 saturated heterocycles. The molecule has 1 N–H and O–H groups in total. The van der Waals surface area contributed by atoms with Crippen molar-refractivity contribution in [3.8, 4) is 0 Å². The summed E-state index contributed by atoms with van der Waals surface area (Å²) in [6.45, 7) is 0.920. The molecule has 1 aromatic rings. The van der Waals surface area contributed by atoms with Crippen LogP contribution < -0.4 is 5.32 Å². The molecule has 0 aliphatic carbocycles. The van der Waals surface area contributed by atoms with Crippen LogP contribution >= 0.6 is 11.6 Å². The molecule has 1 aromatic carbocycles. The first kappa shape index (κ1) is 17.6. The van der Waals surface area contributed by atoms with Gasteiger partial charge in [0.25, 0.3) is 0 Å². The van der Waals surface area contributed by atoms with Crippen LogP contribution in [0.4, 0.5) is 10.1 Å². The second kappa shape index (κ2) is 6.95. The summed E-state index contributed by atoms with van der Waals surface area (Å²) in [6, 6.07) is 3.67. The summed E-state index contributed by atoms with van der Waals surface area (Å²) in [5, 5.41) is 2.21. The van der Waals surface area contributed by atoms with Crippen molar-refractivity contribution in [2.75, 3.05) is 37.4 Å². The van der Waals surface area contributed by atoms with Crippen molar-refractivity contribution in [2.24, 2.45) is 0 Å². The van der Waals surface area contributed by atoms with Gasteiger partial charge >= 0.3 is 0 Å². The average molecular weight is 377 g/mol. The molecule has 2 heterocycles. The normalized spacial score (nSPS) is 26.6. The van der Waals surface area contributed by atoms with Gasteiger partial charge in [0.05, 0.1) is 24.6 Å². The van der Waals surface area contributed by atoms with Gasteiger partial charge in [-0.15, -0.1) is 0 Å². The smallest absolute Gasteiger partial charge is 0.238 e. The van der Waals surface area contributed by atoms with E-state index in [1.165, 1.54) is 18.2 Å². The van der Waals surface area contributed by atoms with Crippen molar-refractivity contribution in [3.05, 3.63) is 29.0 Å². The lowest BCUT2D eigenvalue weighted by molar-refractivity contribution is -0.118. The van der Waals surface area contributed by atoms with E-state index >= 15 is 0 Å². The Balaban J connectivity index is 1.69. The second-order valence-electron chi connectivity index (χ2n) is 5.98. The number of halogens is 2. The van der Waals surface area contributed by atoms with Crippen LogP contribution in [0.2, 0.25) is 5.02 Å². The zero-order valence-electron chi connectivity index (χ0n) is 12.9. The molecule has 1 amide bonds. The number of fused-ring (bicyclic) bond motifs is 1. The average Bonchev–Trinajstić information content (AvgIpc) is 2.54. The van der Waals surface area contributed by atoms with Crippen molar-refractivity contribution < 1.29 is 22.3 Å². The highest BCUT2D eigenvalue weighted by molar-refractivity contribution is 7.92. The Kier molecular flexibility index (Phi) is 5.10. The summed E-state index contributed by atoms with van der Waals surface area (Å²) < 4.78 is 43.3. The topological polar surface area (TPSA) is 75.7 Å². The molecular weight excluding hydrogens is 359 g/mol. The fraction of sp³-hybridized carbons (Fsp3) is 0.533. The monoisotopic (exact) mass is 376 g/mol. The molecule has 3 rings (SSSR count). The lowest BCUT2D eigenvalue weighted by Gasteiger charge is -2.42. The molecule has 0 aromatic heterocycles. The lowest BCUT2D eigenvalue weighted by atomic mass is 10.1. The Morgan fingerprint density at radius 2 is 2.25 bits per heavy atom. The van der Waals surface area contributed by atoms with Crippen LogP contribution in [-0.2, 0) is 19.4 Å². The molecule has 132 valence electrons. The van der Waals surface area contributed by atoms with Crippen LogP contribution in [0, 0.1) is 5.82 Å². The van der Waals surface area contributed by atoms with Gasteiger partial charge in [0.2, 0.25) is 5.91 Å². The van der Waals surface area contributed by atoms with Gasteiger partial charge in [0.15, 0.2) is 9.84 Å². The van der Waals surface area contributed by atoms with Crippen molar-refractivity contribution in [1.29, 1.82) is 0 Å². The first-order valence-electron chi connectivity index (χ1n) is 7.65. The van der Waals surface area contributed by atoms with E-state index in [4.69, 9.17) is 16.3 Å². The van der Waals surface area contributed by atoms with Gasteiger partial charge in [-0.2, -0.15) is 0 Å². The highest BCUT2D eigenvalue weighted by Crippen LogP contribution is 2.26. The Morgan fingerprint density at radius 3 is 3.04 bits per heavy atom. The van der Waals surface area contributed by atoms with E-state index in [2.05, 4.69) is 5.32 Å². The van der Waals surface area contributed by atoms with Crippen LogP contribution in [0.1, 0.15) is 6.42 Å². The molecule has 6 nitrogen and oxygen atoms in total. The van der Waals surface area contributed by atoms with Crippen molar-refractivity contribution in [2.45, 2.75) is 17.7 Å². The Morgan fingerprint density at radius 1 is 1.46 bits per heavy atom. The predicted octanol–water partition coefficient (Wildman–Crippen LogP) is 1.31. The van der Waals surface area contributed by atoms with Crippen molar-refractivity contribution in [3.63, 3.8) is 0 Å². The van der Waals surface area contributed by atoms with Crippen molar-refractivity contribution in [1.82, 2.24) is 4.90 Å². The maximum Gasteiger partial charge on any atom is 0.238 e. The molecule has 0 radical (unpaired) electrons. The summed E-state index contributed by atoms with van der Waals surface area (Å²) in [7, 11) is -3.20. The number of carbonyl (C=O) groups excluding carboxylic acids is 1. The van der Waals surface area contributed by atoms with E-state index in [0.717, 1.165) is 0 Å². The van der Waals surface area contributed by atoms with Gasteiger partial charge in [0.1, 0.15) is 11.1 Å². The van der Waals surface area contributed by atoms with E-state index in [1.807, 2.05) is 4.90 Å². The minimum absolute atomic E-state index is 0.00262. The number of sulfone groups is 1. The van der Waals surface area contributed by atoms with Gasteiger partial charge < -0.3 is 10.1 Å². The number of carbonyl (C=O) groups is 1. The van der Waals surface area contributed by atoms with Crippen LogP contribution in [-0.4, -0.2) is 62.6 Å². The van der Waals surface area contributed by atoms with Gasteiger partial charge in [-0.05, 0) is 24.6 Å². The van der Waals surface area contributed by atoms with E-state index in [-0.39, 0.29) is 37.2 Å². The fourth-order valence-electron chi connectivity index (χ4n) is 3.19. The first-order valence-corrected chi connectivity index (χ1v) is 9.74. The van der Waals surface area contributed by atoms with E-state index in [9.17, 15) is 17.6 Å². The number of anilines is 1. The number of amides is 1. The molecule has 0 saturated carbocycles. The van der Waals surface area contributed by atoms with Gasteiger partial charge in [-0.3, -0.25) is 9.69 Å². The summed E-state index contributed by atoms with van der Waals surface area (Å²) in [6.07, 6.45) is 0.558. The molecular formula is C15H18ClFN2O4S. The largest absolute Gasteiger partial charge is 0.380 e. The third-order valence-electron chi connectivity index (χ3n) is 4.41. The van der Waals surface area contributed by atoms with Gasteiger partial charge in [-0.1, -0.05) is 11.6 Å². The third-order valence-corrected chi connectivity index (χ3v) is 6.77. The lowest BCUT2D eigenvalue weighted by Crippen LogP contribution is -2.59. The first-order chi connectivity index (χ1) is 11.4. The molecule has 2 atom stereocenters. The van der Waals surface area contributed by atoms with Crippen LogP contribution in [0.3, 0.4) is 0 Å². The maximum absolute atomic E-state index is 13.7. The minimum Gasteiger partial charge on any atom is -0.380 e. The molecule has 0 unspecified atom stereocenters. The number of nitrogens with zero attached hydrogens (tertiary/aromatic N) is 1. The molecule has 0 bridgehead atoms. The standard InChI is InChI=1S/C15H18ClFN2O4S/c16-10-1-2-11(17)12(7-10)18-15(20)8-19-4-6-24(21,22)14-9-23-5-3-13(14)19/h1-2,7,13-14H,3-6,8-9H2,(H,18,20)/t13-,14-/m1/s1. The Labute approximate surface area is 144 Å². The summed E-state index contributed by atoms with van der Waals surface area (Å²) in [5.74, 6) is -0.977. The van der Waals surface area contributed by atoms with E-state index in [1.54, 1.807) is 0 Å². The minimum atomic E-state index is -3.20. The molecule has 24 heavy (non-hydrogen) atoms. The summed E-state index contributed by atoms with van der Waals surface area (Å²) in [5.41, 5.74) is 0.0145. The third kappa shape index (κ3) is 3.72. The number of benzene rings is 1. The Bertz CT molecular complexity index is 743. The summed E-state index contributed by atoms with van der Waals surface area (Å²) >= 11 is 5.81. The second-order valence-corrected chi connectivity index (χ2v) is 8.76. The summed E-state index contributed by atoms with van der Waals surface area (Å²) in [4.78, 5) is 14.1. The maximum atomic E-state index is 13.7. The van der Waals surface area contributed by atoms with Crippen molar-refractivity contribution >= 4 is 33.0 Å². The van der Waals surface area contributed by atoms with Crippen LogP contribution in [0.15, 0.2) is 18.2 Å². The predicted molar refractivity (Wildman–Crippen MR) is 88.4 cm³/mol. The van der Waals surface area contributed by atoms with Crippen LogP contribution in [0.25, 0.3) is 0 Å². The molecule has 2 aliphatic rings.